The zero-order valence-corrected chi connectivity index (χ0v) is 11.1. The van der Waals surface area contributed by atoms with Crippen molar-refractivity contribution in [3.63, 3.8) is 0 Å². The standard InChI is InChI=1S/C13H21NOS/c1-4-14-13(11(3)16(15)5-2)12-9-7-6-8-10-12/h6-11,13-14H,4-5H2,1-3H3. The first-order valence-corrected chi connectivity index (χ1v) is 7.24. The molecular formula is C13H21NOS. The molecule has 0 saturated heterocycles. The fraction of sp³-hybridized carbons (Fsp3) is 0.538. The van der Waals surface area contributed by atoms with Gasteiger partial charge in [-0.25, -0.2) is 0 Å². The Bertz CT molecular complexity index is 326. The normalized spacial score (nSPS) is 16.7. The summed E-state index contributed by atoms with van der Waals surface area (Å²) in [5.41, 5.74) is 1.22. The first-order valence-electron chi connectivity index (χ1n) is 5.86. The zero-order chi connectivity index (χ0) is 12.0. The minimum absolute atomic E-state index is 0.146. The second-order valence-corrected chi connectivity index (χ2v) is 5.90. The van der Waals surface area contributed by atoms with Crippen LogP contribution in [-0.2, 0) is 10.8 Å². The van der Waals surface area contributed by atoms with Gasteiger partial charge < -0.3 is 5.32 Å². The third-order valence-electron chi connectivity index (χ3n) is 2.75. The maximum atomic E-state index is 11.9. The predicted molar refractivity (Wildman–Crippen MR) is 71.0 cm³/mol. The third kappa shape index (κ3) is 3.42. The van der Waals surface area contributed by atoms with Crippen molar-refractivity contribution in [1.29, 1.82) is 0 Å². The molecule has 1 aromatic carbocycles. The maximum absolute atomic E-state index is 11.9. The lowest BCUT2D eigenvalue weighted by molar-refractivity contribution is 0.536. The van der Waals surface area contributed by atoms with Crippen LogP contribution < -0.4 is 5.32 Å². The summed E-state index contributed by atoms with van der Waals surface area (Å²) in [6.45, 7) is 7.00. The molecule has 1 rings (SSSR count). The number of nitrogens with one attached hydrogen (secondary N) is 1. The van der Waals surface area contributed by atoms with E-state index in [1.54, 1.807) is 0 Å². The molecule has 1 N–H and O–H groups in total. The fourth-order valence-corrected chi connectivity index (χ4v) is 2.93. The molecule has 0 radical (unpaired) electrons. The highest BCUT2D eigenvalue weighted by Gasteiger charge is 2.22. The summed E-state index contributed by atoms with van der Waals surface area (Å²) >= 11 is 0. The Morgan fingerprint density at radius 3 is 2.38 bits per heavy atom. The van der Waals surface area contributed by atoms with E-state index in [-0.39, 0.29) is 11.3 Å². The van der Waals surface area contributed by atoms with Gasteiger partial charge in [-0.05, 0) is 19.0 Å². The third-order valence-corrected chi connectivity index (χ3v) is 4.42. The second-order valence-electron chi connectivity index (χ2n) is 3.82. The van der Waals surface area contributed by atoms with Crippen LogP contribution in [0.15, 0.2) is 30.3 Å². The van der Waals surface area contributed by atoms with E-state index in [0.29, 0.717) is 0 Å². The van der Waals surface area contributed by atoms with E-state index in [2.05, 4.69) is 31.3 Å². The average molecular weight is 239 g/mol. The van der Waals surface area contributed by atoms with Gasteiger partial charge in [0.2, 0.25) is 0 Å². The van der Waals surface area contributed by atoms with Crippen LogP contribution in [0, 0.1) is 0 Å². The minimum Gasteiger partial charge on any atom is -0.309 e. The monoisotopic (exact) mass is 239 g/mol. The quantitative estimate of drug-likeness (QED) is 0.826. The molecule has 0 aliphatic carbocycles. The molecule has 0 amide bonds. The maximum Gasteiger partial charge on any atom is 0.0514 e. The lowest BCUT2D eigenvalue weighted by Gasteiger charge is -2.24. The molecule has 0 aliphatic heterocycles. The Labute approximate surface area is 101 Å². The Morgan fingerprint density at radius 2 is 1.88 bits per heavy atom. The summed E-state index contributed by atoms with van der Waals surface area (Å²) in [7, 11) is -0.766. The molecule has 3 atom stereocenters. The lowest BCUT2D eigenvalue weighted by atomic mass is 10.0. The van der Waals surface area contributed by atoms with E-state index in [4.69, 9.17) is 0 Å². The molecule has 90 valence electrons. The molecule has 0 saturated carbocycles. The number of rotatable bonds is 6. The van der Waals surface area contributed by atoms with E-state index >= 15 is 0 Å². The molecule has 0 bridgehead atoms. The van der Waals surface area contributed by atoms with Gasteiger partial charge in [0, 0.05) is 22.6 Å². The van der Waals surface area contributed by atoms with Crippen molar-refractivity contribution in [1.82, 2.24) is 5.32 Å². The van der Waals surface area contributed by atoms with Crippen LogP contribution in [0.25, 0.3) is 0 Å². The van der Waals surface area contributed by atoms with E-state index < -0.39 is 10.8 Å². The smallest absolute Gasteiger partial charge is 0.0514 e. The molecule has 0 spiro atoms. The van der Waals surface area contributed by atoms with E-state index in [9.17, 15) is 4.21 Å². The molecule has 0 heterocycles. The van der Waals surface area contributed by atoms with Crippen LogP contribution in [0.2, 0.25) is 0 Å². The highest BCUT2D eigenvalue weighted by molar-refractivity contribution is 7.85. The van der Waals surface area contributed by atoms with Crippen molar-refractivity contribution < 1.29 is 4.21 Å². The zero-order valence-electron chi connectivity index (χ0n) is 10.3. The van der Waals surface area contributed by atoms with Gasteiger partial charge in [0.05, 0.1) is 5.25 Å². The topological polar surface area (TPSA) is 29.1 Å². The first-order chi connectivity index (χ1) is 7.70. The van der Waals surface area contributed by atoms with Crippen LogP contribution in [-0.4, -0.2) is 21.8 Å². The summed E-state index contributed by atoms with van der Waals surface area (Å²) in [6, 6.07) is 10.4. The number of benzene rings is 1. The van der Waals surface area contributed by atoms with Gasteiger partial charge in [-0.3, -0.25) is 4.21 Å². The Kier molecular flexibility index (Phi) is 5.71. The molecule has 1 aromatic rings. The average Bonchev–Trinajstić information content (AvgIpc) is 2.35. The largest absolute Gasteiger partial charge is 0.309 e. The van der Waals surface area contributed by atoms with E-state index in [0.717, 1.165) is 12.3 Å². The van der Waals surface area contributed by atoms with Gasteiger partial charge in [-0.1, -0.05) is 44.2 Å². The van der Waals surface area contributed by atoms with Gasteiger partial charge in [-0.2, -0.15) is 0 Å². The van der Waals surface area contributed by atoms with Crippen LogP contribution in [0.5, 0.6) is 0 Å². The molecule has 3 heteroatoms. The van der Waals surface area contributed by atoms with Crippen molar-refractivity contribution in [3.8, 4) is 0 Å². The van der Waals surface area contributed by atoms with Crippen LogP contribution in [0.4, 0.5) is 0 Å². The summed E-state index contributed by atoms with van der Waals surface area (Å²) in [5, 5.41) is 3.57. The van der Waals surface area contributed by atoms with Gasteiger partial charge in [0.25, 0.3) is 0 Å². The fourth-order valence-electron chi connectivity index (χ4n) is 1.85. The van der Waals surface area contributed by atoms with Crippen molar-refractivity contribution in [2.24, 2.45) is 0 Å². The van der Waals surface area contributed by atoms with E-state index in [1.807, 2.05) is 25.1 Å². The van der Waals surface area contributed by atoms with Crippen molar-refractivity contribution >= 4 is 10.8 Å². The van der Waals surface area contributed by atoms with Crippen molar-refractivity contribution in [2.75, 3.05) is 12.3 Å². The number of hydrogen-bond donors (Lipinski definition) is 1. The summed E-state index contributed by atoms with van der Waals surface area (Å²) < 4.78 is 11.9. The van der Waals surface area contributed by atoms with Gasteiger partial charge in [0.15, 0.2) is 0 Å². The predicted octanol–water partition coefficient (Wildman–Crippen LogP) is 2.49. The SMILES string of the molecule is CCNC(c1ccccc1)C(C)S(=O)CC. The van der Waals surface area contributed by atoms with Gasteiger partial charge >= 0.3 is 0 Å². The number of hydrogen-bond acceptors (Lipinski definition) is 2. The molecule has 0 aromatic heterocycles. The molecule has 0 aliphatic rings. The van der Waals surface area contributed by atoms with Crippen LogP contribution >= 0.6 is 0 Å². The van der Waals surface area contributed by atoms with Gasteiger partial charge in [-0.15, -0.1) is 0 Å². The summed E-state index contributed by atoms with van der Waals surface area (Å²) in [4.78, 5) is 0. The van der Waals surface area contributed by atoms with Crippen LogP contribution in [0.3, 0.4) is 0 Å². The molecule has 16 heavy (non-hydrogen) atoms. The molecular weight excluding hydrogens is 218 g/mol. The summed E-state index contributed by atoms with van der Waals surface area (Å²) in [6.07, 6.45) is 0. The molecule has 0 fully saturated rings. The first kappa shape index (κ1) is 13.4. The van der Waals surface area contributed by atoms with Crippen molar-refractivity contribution in [2.45, 2.75) is 32.1 Å². The highest BCUT2D eigenvalue weighted by Crippen LogP contribution is 2.20. The Hall–Kier alpha value is -0.670. The van der Waals surface area contributed by atoms with Crippen LogP contribution in [0.1, 0.15) is 32.4 Å². The minimum atomic E-state index is -0.766. The van der Waals surface area contributed by atoms with Crippen molar-refractivity contribution in [3.05, 3.63) is 35.9 Å². The highest BCUT2D eigenvalue weighted by atomic mass is 32.2. The summed E-state index contributed by atoms with van der Waals surface area (Å²) in [5.74, 6) is 0.718. The second kappa shape index (κ2) is 6.81. The van der Waals surface area contributed by atoms with Gasteiger partial charge in [0.1, 0.15) is 0 Å². The molecule has 3 unspecified atom stereocenters. The Balaban J connectivity index is 2.86. The van der Waals surface area contributed by atoms with E-state index in [1.165, 1.54) is 5.56 Å². The molecule has 2 nitrogen and oxygen atoms in total. The lowest BCUT2D eigenvalue weighted by Crippen LogP contribution is -2.33. The Morgan fingerprint density at radius 1 is 1.25 bits per heavy atom.